The van der Waals surface area contributed by atoms with Crippen LogP contribution in [0.3, 0.4) is 0 Å². The third-order valence-corrected chi connectivity index (χ3v) is 7.17. The van der Waals surface area contributed by atoms with Crippen LogP contribution in [0.5, 0.6) is 0 Å². The van der Waals surface area contributed by atoms with Gasteiger partial charge in [0.25, 0.3) is 0 Å². The van der Waals surface area contributed by atoms with Crippen LogP contribution in [0.25, 0.3) is 11.0 Å². The molecule has 0 saturated heterocycles. The summed E-state index contributed by atoms with van der Waals surface area (Å²) >= 11 is 0. The molecule has 7 nitrogen and oxygen atoms in total. The summed E-state index contributed by atoms with van der Waals surface area (Å²) in [6, 6.07) is 14.3. The standard InChI is InChI=1S/C22H28N4O3S/c1-4-26(5-2)30(28,29)18-13-10-17(11-14-18)12-15-21(27)23-16(3)22-24-19-8-6-7-9-20(19)25-22/h6-11,13-14,16H,4-5,12,15H2,1-3H3,(H,23,27)(H,24,25). The number of H-pyrrole nitrogens is 1. The Labute approximate surface area is 177 Å². The molecule has 0 saturated carbocycles. The van der Waals surface area contributed by atoms with Crippen LogP contribution in [0.1, 0.15) is 44.6 Å². The highest BCUT2D eigenvalue weighted by molar-refractivity contribution is 7.89. The van der Waals surface area contributed by atoms with Crippen molar-refractivity contribution in [3.05, 3.63) is 59.9 Å². The number of para-hydroxylation sites is 2. The first-order chi connectivity index (χ1) is 14.3. The molecule has 0 aliphatic heterocycles. The van der Waals surface area contributed by atoms with Crippen molar-refractivity contribution in [3.63, 3.8) is 0 Å². The Hall–Kier alpha value is -2.71. The van der Waals surface area contributed by atoms with E-state index >= 15 is 0 Å². The number of sulfonamides is 1. The number of imidazole rings is 1. The van der Waals surface area contributed by atoms with Crippen molar-refractivity contribution in [2.75, 3.05) is 13.1 Å². The van der Waals surface area contributed by atoms with Gasteiger partial charge in [0.05, 0.1) is 22.0 Å². The second-order valence-electron chi connectivity index (χ2n) is 7.16. The highest BCUT2D eigenvalue weighted by Crippen LogP contribution is 2.18. The van der Waals surface area contributed by atoms with Crippen molar-refractivity contribution >= 4 is 27.0 Å². The number of hydrogen-bond acceptors (Lipinski definition) is 4. The summed E-state index contributed by atoms with van der Waals surface area (Å²) in [4.78, 5) is 20.4. The van der Waals surface area contributed by atoms with E-state index in [9.17, 15) is 13.2 Å². The van der Waals surface area contributed by atoms with Crippen molar-refractivity contribution in [2.24, 2.45) is 0 Å². The SMILES string of the molecule is CCN(CC)S(=O)(=O)c1ccc(CCC(=O)NC(C)c2nc3ccccc3[nH]2)cc1. The van der Waals surface area contributed by atoms with E-state index in [-0.39, 0.29) is 16.8 Å². The van der Waals surface area contributed by atoms with Crippen LogP contribution in [0, 0.1) is 0 Å². The molecule has 2 N–H and O–H groups in total. The molecule has 0 aliphatic carbocycles. The third-order valence-electron chi connectivity index (χ3n) is 5.10. The van der Waals surface area contributed by atoms with E-state index in [4.69, 9.17) is 0 Å². The number of carbonyl (C=O) groups excluding carboxylic acids is 1. The third kappa shape index (κ3) is 4.88. The summed E-state index contributed by atoms with van der Waals surface area (Å²) in [6.45, 7) is 6.40. The molecule has 0 radical (unpaired) electrons. The van der Waals surface area contributed by atoms with Crippen LogP contribution in [-0.4, -0.2) is 41.7 Å². The Balaban J connectivity index is 1.56. The highest BCUT2D eigenvalue weighted by atomic mass is 32.2. The Morgan fingerprint density at radius 3 is 2.40 bits per heavy atom. The molecule has 0 fully saturated rings. The fraction of sp³-hybridized carbons (Fsp3) is 0.364. The van der Waals surface area contributed by atoms with E-state index in [1.807, 2.05) is 45.0 Å². The van der Waals surface area contributed by atoms with E-state index in [1.54, 1.807) is 24.3 Å². The molecule has 30 heavy (non-hydrogen) atoms. The minimum absolute atomic E-state index is 0.0807. The van der Waals surface area contributed by atoms with Gasteiger partial charge in [0.1, 0.15) is 5.82 Å². The van der Waals surface area contributed by atoms with Crippen molar-refractivity contribution < 1.29 is 13.2 Å². The molecule has 1 amide bonds. The van der Waals surface area contributed by atoms with E-state index in [0.717, 1.165) is 22.4 Å². The zero-order chi connectivity index (χ0) is 21.7. The van der Waals surface area contributed by atoms with Crippen LogP contribution in [-0.2, 0) is 21.2 Å². The summed E-state index contributed by atoms with van der Waals surface area (Å²) in [5.74, 6) is 0.637. The summed E-state index contributed by atoms with van der Waals surface area (Å²) < 4.78 is 26.5. The van der Waals surface area contributed by atoms with Crippen LogP contribution in [0.4, 0.5) is 0 Å². The maximum atomic E-state index is 12.5. The topological polar surface area (TPSA) is 95.2 Å². The van der Waals surface area contributed by atoms with Gasteiger partial charge in [0.15, 0.2) is 0 Å². The molecule has 1 aromatic heterocycles. The van der Waals surface area contributed by atoms with Gasteiger partial charge >= 0.3 is 0 Å². The highest BCUT2D eigenvalue weighted by Gasteiger charge is 2.21. The molecule has 1 atom stereocenters. The first-order valence-corrected chi connectivity index (χ1v) is 11.6. The van der Waals surface area contributed by atoms with Gasteiger partial charge in [-0.05, 0) is 43.2 Å². The summed E-state index contributed by atoms with van der Waals surface area (Å²) in [5.41, 5.74) is 2.72. The number of carbonyl (C=O) groups is 1. The zero-order valence-electron chi connectivity index (χ0n) is 17.6. The molecular weight excluding hydrogens is 400 g/mol. The summed E-state index contributed by atoms with van der Waals surface area (Å²) in [5, 5.41) is 2.96. The molecule has 0 bridgehead atoms. The van der Waals surface area contributed by atoms with Crippen LogP contribution >= 0.6 is 0 Å². The Bertz CT molecular complexity index is 1070. The van der Waals surface area contributed by atoms with E-state index in [0.29, 0.717) is 25.9 Å². The zero-order valence-corrected chi connectivity index (χ0v) is 18.4. The van der Waals surface area contributed by atoms with Gasteiger partial charge in [-0.1, -0.05) is 38.1 Å². The molecule has 0 aliphatic rings. The average molecular weight is 429 g/mol. The fourth-order valence-electron chi connectivity index (χ4n) is 3.36. The predicted octanol–water partition coefficient (Wildman–Crippen LogP) is 3.40. The number of fused-ring (bicyclic) bond motifs is 1. The van der Waals surface area contributed by atoms with E-state index in [2.05, 4.69) is 15.3 Å². The molecule has 1 unspecified atom stereocenters. The van der Waals surface area contributed by atoms with Gasteiger partial charge in [-0.2, -0.15) is 4.31 Å². The molecule has 3 rings (SSSR count). The quantitative estimate of drug-likeness (QED) is 0.546. The predicted molar refractivity (Wildman–Crippen MR) is 118 cm³/mol. The smallest absolute Gasteiger partial charge is 0.243 e. The number of benzene rings is 2. The second kappa shape index (κ2) is 9.40. The monoisotopic (exact) mass is 428 g/mol. The van der Waals surface area contributed by atoms with Gasteiger partial charge < -0.3 is 10.3 Å². The molecule has 8 heteroatoms. The number of nitrogens with zero attached hydrogens (tertiary/aromatic N) is 2. The van der Waals surface area contributed by atoms with Crippen molar-refractivity contribution in [2.45, 2.75) is 44.6 Å². The maximum absolute atomic E-state index is 12.5. The minimum Gasteiger partial charge on any atom is -0.346 e. The average Bonchev–Trinajstić information content (AvgIpc) is 3.18. The molecule has 2 aromatic carbocycles. The van der Waals surface area contributed by atoms with Crippen LogP contribution in [0.15, 0.2) is 53.4 Å². The molecular formula is C22H28N4O3S. The minimum atomic E-state index is -3.46. The van der Waals surface area contributed by atoms with Gasteiger partial charge in [0.2, 0.25) is 15.9 Å². The Morgan fingerprint density at radius 1 is 1.10 bits per heavy atom. The second-order valence-corrected chi connectivity index (χ2v) is 9.10. The Morgan fingerprint density at radius 2 is 1.77 bits per heavy atom. The van der Waals surface area contributed by atoms with Crippen LogP contribution < -0.4 is 5.32 Å². The number of aryl methyl sites for hydroxylation is 1. The number of hydrogen-bond donors (Lipinski definition) is 2. The number of rotatable bonds is 9. The number of nitrogens with one attached hydrogen (secondary N) is 2. The fourth-order valence-corrected chi connectivity index (χ4v) is 4.82. The first-order valence-electron chi connectivity index (χ1n) is 10.2. The van der Waals surface area contributed by atoms with E-state index in [1.165, 1.54) is 4.31 Å². The summed E-state index contributed by atoms with van der Waals surface area (Å²) in [6.07, 6.45) is 0.844. The number of amides is 1. The van der Waals surface area contributed by atoms with Crippen molar-refractivity contribution in [1.82, 2.24) is 19.6 Å². The van der Waals surface area contributed by atoms with Gasteiger partial charge in [-0.25, -0.2) is 13.4 Å². The number of aromatic nitrogens is 2. The van der Waals surface area contributed by atoms with Gasteiger partial charge in [0, 0.05) is 19.5 Å². The largest absolute Gasteiger partial charge is 0.346 e. The number of aromatic amines is 1. The molecule has 1 heterocycles. The lowest BCUT2D eigenvalue weighted by Crippen LogP contribution is -2.30. The van der Waals surface area contributed by atoms with Crippen molar-refractivity contribution in [3.8, 4) is 0 Å². The maximum Gasteiger partial charge on any atom is 0.243 e. The molecule has 160 valence electrons. The molecule has 3 aromatic rings. The van der Waals surface area contributed by atoms with Crippen molar-refractivity contribution in [1.29, 1.82) is 0 Å². The normalized spacial score (nSPS) is 12.9. The lowest BCUT2D eigenvalue weighted by molar-refractivity contribution is -0.121. The summed E-state index contributed by atoms with van der Waals surface area (Å²) in [7, 11) is -3.46. The van der Waals surface area contributed by atoms with Gasteiger partial charge in [-0.15, -0.1) is 0 Å². The van der Waals surface area contributed by atoms with E-state index < -0.39 is 10.0 Å². The Kier molecular flexibility index (Phi) is 6.89. The lowest BCUT2D eigenvalue weighted by Gasteiger charge is -2.18. The first kappa shape index (κ1) is 22.0. The lowest BCUT2D eigenvalue weighted by atomic mass is 10.1. The molecule has 0 spiro atoms. The van der Waals surface area contributed by atoms with Gasteiger partial charge in [-0.3, -0.25) is 4.79 Å². The van der Waals surface area contributed by atoms with Crippen LogP contribution in [0.2, 0.25) is 0 Å².